The number of amides is 1. The molecule has 1 aromatic heterocycles. The van der Waals surface area contributed by atoms with Gasteiger partial charge >= 0.3 is 12.3 Å². The number of likely N-dealkylation sites (tertiary alicyclic amines) is 1. The number of alkyl halides is 3. The number of halogens is 3. The summed E-state index contributed by atoms with van der Waals surface area (Å²) in [6.07, 6.45) is -3.78. The molecule has 196 valence electrons. The van der Waals surface area contributed by atoms with Gasteiger partial charge in [0.15, 0.2) is 12.6 Å². The van der Waals surface area contributed by atoms with E-state index < -0.39 is 29.4 Å². The van der Waals surface area contributed by atoms with E-state index in [9.17, 15) is 22.8 Å². The Bertz CT molecular complexity index is 1100. The highest BCUT2D eigenvalue weighted by Crippen LogP contribution is 2.39. The van der Waals surface area contributed by atoms with Crippen molar-refractivity contribution >= 4 is 11.9 Å². The highest BCUT2D eigenvalue weighted by Gasteiger charge is 2.34. The average molecular weight is 510 g/mol. The first kappa shape index (κ1) is 27.4. The summed E-state index contributed by atoms with van der Waals surface area (Å²) in [4.78, 5) is 27.0. The zero-order valence-electron chi connectivity index (χ0n) is 20.9. The molecule has 11 heteroatoms. The van der Waals surface area contributed by atoms with Gasteiger partial charge in [-0.2, -0.15) is 13.2 Å². The number of ether oxygens (including phenoxy) is 3. The van der Waals surface area contributed by atoms with E-state index in [2.05, 4.69) is 10.2 Å². The maximum atomic E-state index is 13.3. The van der Waals surface area contributed by atoms with Gasteiger partial charge in [-0.1, -0.05) is 0 Å². The van der Waals surface area contributed by atoms with Crippen LogP contribution in [0.3, 0.4) is 0 Å². The molecule has 0 aliphatic carbocycles. The topological polar surface area (TPSA) is 90.9 Å². The predicted octanol–water partition coefficient (Wildman–Crippen LogP) is 5.28. The first-order chi connectivity index (χ1) is 16.8. The van der Waals surface area contributed by atoms with Crippen LogP contribution < -0.4 is 4.74 Å². The fourth-order valence-electron chi connectivity index (χ4n) is 3.97. The van der Waals surface area contributed by atoms with E-state index in [0.717, 1.165) is 12.1 Å². The van der Waals surface area contributed by atoms with E-state index in [-0.39, 0.29) is 41.8 Å². The molecule has 3 rings (SSSR count). The maximum Gasteiger partial charge on any atom is 0.416 e. The molecule has 1 amide bonds. The number of rotatable bonds is 6. The van der Waals surface area contributed by atoms with E-state index in [1.54, 1.807) is 20.8 Å². The summed E-state index contributed by atoms with van der Waals surface area (Å²) >= 11 is 0. The van der Waals surface area contributed by atoms with Crippen LogP contribution in [0.4, 0.5) is 18.0 Å². The highest BCUT2D eigenvalue weighted by molar-refractivity contribution is 5.96. The molecule has 0 radical (unpaired) electrons. The lowest BCUT2D eigenvalue weighted by Gasteiger charge is -2.33. The van der Waals surface area contributed by atoms with Gasteiger partial charge in [-0.3, -0.25) is 4.79 Å². The van der Waals surface area contributed by atoms with Crippen molar-refractivity contribution in [3.8, 4) is 17.0 Å². The van der Waals surface area contributed by atoms with Gasteiger partial charge in [0.05, 0.1) is 11.3 Å². The summed E-state index contributed by atoms with van der Waals surface area (Å²) in [6, 6.07) is 4.89. The number of hydrogen-bond acceptors (Lipinski definition) is 7. The summed E-state index contributed by atoms with van der Waals surface area (Å²) < 4.78 is 55.5. The first-order valence-corrected chi connectivity index (χ1v) is 11.5. The quantitative estimate of drug-likeness (QED) is 0.386. The van der Waals surface area contributed by atoms with E-state index in [1.165, 1.54) is 31.1 Å². The Kier molecular flexibility index (Phi) is 8.22. The molecule has 0 spiro atoms. The van der Waals surface area contributed by atoms with Gasteiger partial charge in [-0.25, -0.2) is 4.79 Å². The van der Waals surface area contributed by atoms with Crippen LogP contribution in [0.2, 0.25) is 0 Å². The molecule has 0 bridgehead atoms. The van der Waals surface area contributed by atoms with Crippen molar-refractivity contribution in [3.63, 3.8) is 0 Å². The standard InChI is InChI=1S/C25H30F3N3O5/c1-15-11-17(25(26,27)28)12-20(35-14-34-5)21(15)18-8-9-19(30-29-18)22(32)16-7-6-10-31(13-16)23(33)36-24(2,3)4/h8-9,11-12,16H,6-7,10,13-14H2,1-5H3. The lowest BCUT2D eigenvalue weighted by molar-refractivity contribution is -0.137. The molecule has 1 aromatic carbocycles. The van der Waals surface area contributed by atoms with Crippen LogP contribution >= 0.6 is 0 Å². The van der Waals surface area contributed by atoms with Crippen molar-refractivity contribution in [3.05, 3.63) is 41.1 Å². The summed E-state index contributed by atoms with van der Waals surface area (Å²) in [7, 11) is 1.36. The van der Waals surface area contributed by atoms with Gasteiger partial charge < -0.3 is 19.1 Å². The molecule has 1 atom stereocenters. The third-order valence-corrected chi connectivity index (χ3v) is 5.58. The molecule has 1 aliphatic heterocycles. The van der Waals surface area contributed by atoms with Crippen molar-refractivity contribution in [2.45, 2.75) is 52.3 Å². The number of carbonyl (C=O) groups excluding carboxylic acids is 2. The average Bonchev–Trinajstić information content (AvgIpc) is 2.80. The summed E-state index contributed by atoms with van der Waals surface area (Å²) in [5.41, 5.74) is -0.537. The summed E-state index contributed by atoms with van der Waals surface area (Å²) in [5.74, 6) is -0.778. The number of aryl methyl sites for hydroxylation is 1. The molecular formula is C25H30F3N3O5. The Morgan fingerprint density at radius 3 is 2.44 bits per heavy atom. The zero-order chi connectivity index (χ0) is 26.7. The molecule has 2 aromatic rings. The Morgan fingerprint density at radius 2 is 1.86 bits per heavy atom. The number of piperidine rings is 1. The van der Waals surface area contributed by atoms with Crippen molar-refractivity contribution in [1.82, 2.24) is 15.1 Å². The first-order valence-electron chi connectivity index (χ1n) is 11.5. The largest absolute Gasteiger partial charge is 0.467 e. The third kappa shape index (κ3) is 6.71. The van der Waals surface area contributed by atoms with Crippen LogP contribution in [0.25, 0.3) is 11.3 Å². The molecule has 0 saturated carbocycles. The maximum absolute atomic E-state index is 13.3. The Hall–Kier alpha value is -3.21. The highest BCUT2D eigenvalue weighted by atomic mass is 19.4. The van der Waals surface area contributed by atoms with Crippen molar-refractivity contribution in [2.75, 3.05) is 27.0 Å². The lowest BCUT2D eigenvalue weighted by atomic mass is 9.92. The Balaban J connectivity index is 1.82. The Morgan fingerprint density at radius 1 is 1.14 bits per heavy atom. The summed E-state index contributed by atoms with van der Waals surface area (Å²) in [6.45, 7) is 7.30. The Labute approximate surface area is 207 Å². The number of methoxy groups -OCH3 is 1. The molecule has 1 saturated heterocycles. The van der Waals surface area contributed by atoms with Gasteiger partial charge in [-0.15, -0.1) is 10.2 Å². The van der Waals surface area contributed by atoms with Crippen LogP contribution in [0.1, 0.15) is 55.2 Å². The zero-order valence-corrected chi connectivity index (χ0v) is 20.9. The fraction of sp³-hybridized carbons (Fsp3) is 0.520. The number of ketones is 1. The van der Waals surface area contributed by atoms with Gasteiger partial charge in [0, 0.05) is 31.7 Å². The second-order valence-electron chi connectivity index (χ2n) is 9.65. The normalized spacial score (nSPS) is 16.6. The number of Topliss-reactive ketones (excluding diaryl/α,β-unsaturated/α-hetero) is 1. The van der Waals surface area contributed by atoms with Crippen molar-refractivity contribution in [2.24, 2.45) is 5.92 Å². The van der Waals surface area contributed by atoms with Crippen LogP contribution in [0.15, 0.2) is 24.3 Å². The molecule has 1 fully saturated rings. The minimum atomic E-state index is -4.55. The van der Waals surface area contributed by atoms with Crippen molar-refractivity contribution < 1.29 is 37.0 Å². The molecule has 0 N–H and O–H groups in total. The predicted molar refractivity (Wildman–Crippen MR) is 125 cm³/mol. The molecule has 8 nitrogen and oxygen atoms in total. The van der Waals surface area contributed by atoms with Crippen LogP contribution in [0.5, 0.6) is 5.75 Å². The second-order valence-corrected chi connectivity index (χ2v) is 9.65. The third-order valence-electron chi connectivity index (χ3n) is 5.58. The molecule has 2 heterocycles. The number of carbonyl (C=O) groups is 2. The van der Waals surface area contributed by atoms with E-state index >= 15 is 0 Å². The molecule has 1 unspecified atom stereocenters. The number of aromatic nitrogens is 2. The van der Waals surface area contributed by atoms with Gasteiger partial charge in [0.25, 0.3) is 0 Å². The number of nitrogens with zero attached hydrogens (tertiary/aromatic N) is 3. The summed E-state index contributed by atoms with van der Waals surface area (Å²) in [5, 5.41) is 8.16. The minimum absolute atomic E-state index is 0.0576. The van der Waals surface area contributed by atoms with Crippen LogP contribution in [-0.2, 0) is 15.7 Å². The van der Waals surface area contributed by atoms with Crippen LogP contribution in [0, 0.1) is 12.8 Å². The molecule has 36 heavy (non-hydrogen) atoms. The van der Waals surface area contributed by atoms with Gasteiger partial charge in [0.2, 0.25) is 0 Å². The fourth-order valence-corrected chi connectivity index (χ4v) is 3.97. The lowest BCUT2D eigenvalue weighted by Crippen LogP contribution is -2.44. The van der Waals surface area contributed by atoms with Crippen LogP contribution in [-0.4, -0.2) is 59.6 Å². The van der Waals surface area contributed by atoms with Crippen molar-refractivity contribution in [1.29, 1.82) is 0 Å². The SMILES string of the molecule is COCOc1cc(C(F)(F)F)cc(C)c1-c1ccc(C(=O)C2CCCN(C(=O)OC(C)(C)C)C2)nn1. The molecule has 1 aliphatic rings. The van der Waals surface area contributed by atoms with E-state index in [0.29, 0.717) is 24.9 Å². The van der Waals surface area contributed by atoms with E-state index in [4.69, 9.17) is 14.2 Å². The molecular weight excluding hydrogens is 479 g/mol. The van der Waals surface area contributed by atoms with Gasteiger partial charge in [0.1, 0.15) is 17.0 Å². The van der Waals surface area contributed by atoms with Gasteiger partial charge in [-0.05, 0) is 70.4 Å². The number of hydrogen-bond donors (Lipinski definition) is 0. The minimum Gasteiger partial charge on any atom is -0.467 e. The number of benzene rings is 1. The monoisotopic (exact) mass is 509 g/mol. The smallest absolute Gasteiger partial charge is 0.416 e. The van der Waals surface area contributed by atoms with E-state index in [1.807, 2.05) is 0 Å². The second kappa shape index (κ2) is 10.8.